The minimum atomic E-state index is -0.196. The van der Waals surface area contributed by atoms with Crippen LogP contribution in [0.3, 0.4) is 0 Å². The van der Waals surface area contributed by atoms with Crippen LogP contribution in [-0.4, -0.2) is 52.9 Å². The summed E-state index contributed by atoms with van der Waals surface area (Å²) in [4.78, 5) is 22.1. The van der Waals surface area contributed by atoms with E-state index >= 15 is 0 Å². The van der Waals surface area contributed by atoms with E-state index in [9.17, 15) is 9.90 Å². The van der Waals surface area contributed by atoms with Gasteiger partial charge in [0.15, 0.2) is 0 Å². The number of carbonyl (C=O) groups is 1. The lowest BCUT2D eigenvalue weighted by atomic mass is 9.93. The van der Waals surface area contributed by atoms with Crippen molar-refractivity contribution in [2.24, 2.45) is 5.92 Å². The van der Waals surface area contributed by atoms with Gasteiger partial charge in [-0.05, 0) is 44.6 Å². The number of nitrogens with zero attached hydrogens (tertiary/aromatic N) is 2. The number of anilines is 1. The molecule has 2 saturated carbocycles. The molecule has 1 heterocycles. The third-order valence-corrected chi connectivity index (χ3v) is 6.24. The average molecular weight is 399 g/mol. The van der Waals surface area contributed by atoms with Crippen LogP contribution in [0.15, 0.2) is 24.4 Å². The molecule has 156 valence electrons. The third kappa shape index (κ3) is 4.67. The number of fused-ring (bicyclic) bond motifs is 1. The van der Waals surface area contributed by atoms with Crippen LogP contribution in [-0.2, 0) is 4.74 Å². The zero-order valence-electron chi connectivity index (χ0n) is 16.9. The predicted octanol–water partition coefficient (Wildman–Crippen LogP) is 2.89. The molecule has 2 fully saturated rings. The van der Waals surface area contributed by atoms with Crippen LogP contribution in [0.1, 0.15) is 55.3 Å². The fraction of sp³-hybridized carbons (Fsp3) is 0.591. The highest BCUT2D eigenvalue weighted by molar-refractivity contribution is 6.05. The van der Waals surface area contributed by atoms with E-state index in [4.69, 9.17) is 4.74 Å². The van der Waals surface area contributed by atoms with Crippen LogP contribution < -0.4 is 10.6 Å². The Morgan fingerprint density at radius 1 is 1.21 bits per heavy atom. The average Bonchev–Trinajstić information content (AvgIpc) is 3.16. The Morgan fingerprint density at radius 2 is 2.03 bits per heavy atom. The molecule has 7 heteroatoms. The Hall–Kier alpha value is -2.25. The molecule has 3 N–H and O–H groups in total. The van der Waals surface area contributed by atoms with Gasteiger partial charge in [0.25, 0.3) is 5.91 Å². The maximum Gasteiger partial charge on any atom is 0.253 e. The number of hydrogen-bond acceptors (Lipinski definition) is 6. The Kier molecular flexibility index (Phi) is 6.25. The summed E-state index contributed by atoms with van der Waals surface area (Å²) in [7, 11) is 1.71. The van der Waals surface area contributed by atoms with Crippen molar-refractivity contribution < 1.29 is 14.6 Å². The number of aromatic nitrogens is 2. The van der Waals surface area contributed by atoms with Crippen LogP contribution >= 0.6 is 0 Å². The highest BCUT2D eigenvalue weighted by Gasteiger charge is 2.29. The Balaban J connectivity index is 1.52. The topological polar surface area (TPSA) is 96.4 Å². The maximum atomic E-state index is 13.0. The number of methoxy groups -OCH3 is 1. The number of hydrogen-bond donors (Lipinski definition) is 3. The molecule has 2 aliphatic carbocycles. The lowest BCUT2D eigenvalue weighted by Crippen LogP contribution is -2.39. The second-order valence-electron chi connectivity index (χ2n) is 8.31. The van der Waals surface area contributed by atoms with Crippen molar-refractivity contribution in [1.29, 1.82) is 0 Å². The Bertz CT molecular complexity index is 851. The quantitative estimate of drug-likeness (QED) is 0.692. The summed E-state index contributed by atoms with van der Waals surface area (Å²) in [6, 6.07) is 6.02. The van der Waals surface area contributed by atoms with E-state index in [0.29, 0.717) is 29.6 Å². The standard InChI is InChI=1S/C22H30N4O3/c1-29-13-15-5-3-7-19(15)25-21(28)18-6-2-4-14-12-23-22(26-20(14)18)24-16-8-10-17(27)11-9-16/h2,4,6,12,15-17,19,27H,3,5,7-11,13H2,1H3,(H,25,28)(H,23,24,26)/t15-,16?,17?,19-/m1/s1. The van der Waals surface area contributed by atoms with Crippen molar-refractivity contribution in [3.8, 4) is 0 Å². The Morgan fingerprint density at radius 3 is 2.83 bits per heavy atom. The lowest BCUT2D eigenvalue weighted by molar-refractivity contribution is 0.0899. The molecular formula is C22H30N4O3. The van der Waals surface area contributed by atoms with Gasteiger partial charge in [0.2, 0.25) is 5.95 Å². The molecule has 0 saturated heterocycles. The summed E-state index contributed by atoms with van der Waals surface area (Å²) in [6.07, 6.45) is 8.13. The van der Waals surface area contributed by atoms with Gasteiger partial charge in [-0.1, -0.05) is 18.6 Å². The molecule has 0 spiro atoms. The smallest absolute Gasteiger partial charge is 0.253 e. The molecule has 0 unspecified atom stereocenters. The van der Waals surface area contributed by atoms with Crippen LogP contribution in [0.2, 0.25) is 0 Å². The lowest BCUT2D eigenvalue weighted by Gasteiger charge is -2.26. The molecule has 0 bridgehead atoms. The zero-order chi connectivity index (χ0) is 20.2. The predicted molar refractivity (Wildman–Crippen MR) is 112 cm³/mol. The van der Waals surface area contributed by atoms with Gasteiger partial charge in [0, 0.05) is 36.7 Å². The van der Waals surface area contributed by atoms with Crippen molar-refractivity contribution >= 4 is 22.8 Å². The molecule has 1 aromatic carbocycles. The minimum Gasteiger partial charge on any atom is -0.393 e. The number of aliphatic hydroxyl groups excluding tert-OH is 1. The summed E-state index contributed by atoms with van der Waals surface area (Å²) in [5, 5.41) is 17.1. The van der Waals surface area contributed by atoms with Crippen molar-refractivity contribution in [3.63, 3.8) is 0 Å². The van der Waals surface area contributed by atoms with Crippen LogP contribution in [0.25, 0.3) is 10.9 Å². The molecule has 1 amide bonds. The highest BCUT2D eigenvalue weighted by Crippen LogP contribution is 2.27. The summed E-state index contributed by atoms with van der Waals surface area (Å²) in [5.41, 5.74) is 1.25. The van der Waals surface area contributed by atoms with Gasteiger partial charge in [-0.15, -0.1) is 0 Å². The number of rotatable bonds is 6. The number of amides is 1. The number of ether oxygens (including phenoxy) is 1. The molecule has 0 radical (unpaired) electrons. The molecule has 2 aromatic rings. The normalized spacial score (nSPS) is 27.1. The van der Waals surface area contributed by atoms with Crippen LogP contribution in [0.4, 0.5) is 5.95 Å². The second-order valence-corrected chi connectivity index (χ2v) is 8.31. The molecule has 1 aromatic heterocycles. The third-order valence-electron chi connectivity index (χ3n) is 6.24. The van der Waals surface area contributed by atoms with Gasteiger partial charge >= 0.3 is 0 Å². The number of carbonyl (C=O) groups excluding carboxylic acids is 1. The molecule has 4 rings (SSSR count). The molecule has 2 aliphatic rings. The first kappa shape index (κ1) is 20.0. The highest BCUT2D eigenvalue weighted by atomic mass is 16.5. The van der Waals surface area contributed by atoms with Crippen molar-refractivity contribution in [2.75, 3.05) is 19.0 Å². The van der Waals surface area contributed by atoms with E-state index in [1.54, 1.807) is 13.3 Å². The van der Waals surface area contributed by atoms with E-state index < -0.39 is 0 Å². The molecule has 2 atom stereocenters. The first-order valence-electron chi connectivity index (χ1n) is 10.6. The molecule has 7 nitrogen and oxygen atoms in total. The van der Waals surface area contributed by atoms with Crippen molar-refractivity contribution in [2.45, 2.75) is 63.1 Å². The summed E-state index contributed by atoms with van der Waals surface area (Å²) >= 11 is 0. The first-order chi connectivity index (χ1) is 14.1. The SMILES string of the molecule is COC[C@H]1CCC[C@H]1NC(=O)c1cccc2cnc(NC3CCC(O)CC3)nc12. The van der Waals surface area contributed by atoms with Gasteiger partial charge in [0.1, 0.15) is 0 Å². The Labute approximate surface area is 171 Å². The van der Waals surface area contributed by atoms with Crippen molar-refractivity contribution in [1.82, 2.24) is 15.3 Å². The van der Waals surface area contributed by atoms with Gasteiger partial charge in [-0.2, -0.15) is 0 Å². The second kappa shape index (κ2) is 9.05. The van der Waals surface area contributed by atoms with E-state index in [1.165, 1.54) is 0 Å². The van der Waals surface area contributed by atoms with E-state index in [1.807, 2.05) is 18.2 Å². The first-order valence-corrected chi connectivity index (χ1v) is 10.6. The fourth-order valence-electron chi connectivity index (χ4n) is 4.60. The largest absolute Gasteiger partial charge is 0.393 e. The van der Waals surface area contributed by atoms with Gasteiger partial charge in [0.05, 0.1) is 23.8 Å². The van der Waals surface area contributed by atoms with Crippen molar-refractivity contribution in [3.05, 3.63) is 30.0 Å². The molecular weight excluding hydrogens is 368 g/mol. The van der Waals surface area contributed by atoms with Gasteiger partial charge < -0.3 is 20.5 Å². The monoisotopic (exact) mass is 398 g/mol. The van der Waals surface area contributed by atoms with Gasteiger partial charge in [-0.3, -0.25) is 4.79 Å². The summed E-state index contributed by atoms with van der Waals surface area (Å²) < 4.78 is 5.31. The molecule has 0 aliphatic heterocycles. The van der Waals surface area contributed by atoms with E-state index in [2.05, 4.69) is 20.6 Å². The zero-order valence-corrected chi connectivity index (χ0v) is 16.9. The number of nitrogens with one attached hydrogen (secondary N) is 2. The van der Waals surface area contributed by atoms with Crippen LogP contribution in [0.5, 0.6) is 0 Å². The summed E-state index contributed by atoms with van der Waals surface area (Å²) in [6.45, 7) is 0.673. The van der Waals surface area contributed by atoms with Gasteiger partial charge in [-0.25, -0.2) is 9.97 Å². The number of benzene rings is 1. The fourth-order valence-corrected chi connectivity index (χ4v) is 4.60. The minimum absolute atomic E-state index is 0.0889. The number of aliphatic hydroxyl groups is 1. The van der Waals surface area contributed by atoms with E-state index in [0.717, 1.165) is 50.3 Å². The maximum absolute atomic E-state index is 13.0. The number of para-hydroxylation sites is 1. The van der Waals surface area contributed by atoms with E-state index in [-0.39, 0.29) is 24.1 Å². The molecule has 29 heavy (non-hydrogen) atoms. The van der Waals surface area contributed by atoms with Crippen LogP contribution in [0, 0.1) is 5.92 Å². The summed E-state index contributed by atoms with van der Waals surface area (Å²) in [5.74, 6) is 0.818.